The number of rotatable bonds is 4. The van der Waals surface area contributed by atoms with Crippen LogP contribution in [-0.4, -0.2) is 25.9 Å². The molecule has 1 aliphatic rings. The van der Waals surface area contributed by atoms with E-state index in [0.29, 0.717) is 5.92 Å². The minimum atomic E-state index is 0.0192. The zero-order valence-electron chi connectivity index (χ0n) is 10.9. The molecule has 2 rings (SSSR count). The lowest BCUT2D eigenvalue weighted by Gasteiger charge is -2.23. The fourth-order valence-electron chi connectivity index (χ4n) is 2.54. The van der Waals surface area contributed by atoms with Gasteiger partial charge in [0, 0.05) is 17.1 Å². The second kappa shape index (κ2) is 6.04. The number of methoxy groups -OCH3 is 1. The third-order valence-corrected chi connectivity index (χ3v) is 4.06. The third kappa shape index (κ3) is 3.05. The molecule has 18 heavy (non-hydrogen) atoms. The van der Waals surface area contributed by atoms with E-state index in [2.05, 4.69) is 28.9 Å². The molecule has 0 aromatic heterocycles. The molecule has 3 atom stereocenters. The molecule has 3 unspecified atom stereocenters. The lowest BCUT2D eigenvalue weighted by Crippen LogP contribution is -2.39. The van der Waals surface area contributed by atoms with Crippen LogP contribution in [0.4, 0.5) is 0 Å². The van der Waals surface area contributed by atoms with Gasteiger partial charge in [-0.3, -0.25) is 0 Å². The first kappa shape index (κ1) is 13.8. The van der Waals surface area contributed by atoms with Crippen molar-refractivity contribution in [3.63, 3.8) is 0 Å². The van der Waals surface area contributed by atoms with Crippen LogP contribution in [0.3, 0.4) is 0 Å². The zero-order chi connectivity index (χ0) is 13.1. The van der Waals surface area contributed by atoms with Crippen LogP contribution in [0.15, 0.2) is 22.7 Å². The van der Waals surface area contributed by atoms with Crippen LogP contribution in [0.25, 0.3) is 0 Å². The highest BCUT2D eigenvalue weighted by Crippen LogP contribution is 2.28. The number of halogens is 1. The van der Waals surface area contributed by atoms with Gasteiger partial charge in [-0.1, -0.05) is 22.9 Å². The van der Waals surface area contributed by atoms with Crippen molar-refractivity contribution in [3.05, 3.63) is 28.2 Å². The first-order valence-electron chi connectivity index (χ1n) is 6.31. The summed E-state index contributed by atoms with van der Waals surface area (Å²) in [6, 6.07) is 6.03. The summed E-state index contributed by atoms with van der Waals surface area (Å²) >= 11 is 3.48. The second-order valence-electron chi connectivity index (χ2n) is 4.93. The van der Waals surface area contributed by atoms with E-state index in [0.717, 1.165) is 35.2 Å². The lowest BCUT2D eigenvalue weighted by molar-refractivity contribution is 0.0725. The van der Waals surface area contributed by atoms with Gasteiger partial charge in [-0.15, -0.1) is 0 Å². The molecule has 100 valence electrons. The SMILES string of the molecule is COc1ccc(Br)cc1CC(N)C1OCCC1C. The predicted octanol–water partition coefficient (Wildman–Crippen LogP) is 2.75. The Bertz CT molecular complexity index is 411. The maximum atomic E-state index is 6.28. The summed E-state index contributed by atoms with van der Waals surface area (Å²) in [5.74, 6) is 1.43. The molecule has 1 aromatic rings. The minimum absolute atomic E-state index is 0.0192. The van der Waals surface area contributed by atoms with Crippen molar-refractivity contribution < 1.29 is 9.47 Å². The van der Waals surface area contributed by atoms with Crippen molar-refractivity contribution >= 4 is 15.9 Å². The number of nitrogens with two attached hydrogens (primary N) is 1. The van der Waals surface area contributed by atoms with Crippen molar-refractivity contribution in [1.82, 2.24) is 0 Å². The molecule has 0 radical (unpaired) electrons. The molecule has 0 aliphatic carbocycles. The van der Waals surface area contributed by atoms with E-state index in [1.807, 2.05) is 12.1 Å². The fourth-order valence-corrected chi connectivity index (χ4v) is 2.95. The number of hydrogen-bond acceptors (Lipinski definition) is 3. The van der Waals surface area contributed by atoms with Gasteiger partial charge in [-0.25, -0.2) is 0 Å². The third-order valence-electron chi connectivity index (χ3n) is 3.56. The van der Waals surface area contributed by atoms with Crippen molar-refractivity contribution in [2.24, 2.45) is 11.7 Å². The van der Waals surface area contributed by atoms with E-state index in [1.54, 1.807) is 7.11 Å². The maximum Gasteiger partial charge on any atom is 0.122 e. The summed E-state index contributed by atoms with van der Waals surface area (Å²) in [6.07, 6.45) is 2.04. The van der Waals surface area contributed by atoms with Gasteiger partial charge in [0.2, 0.25) is 0 Å². The molecule has 0 spiro atoms. The molecule has 0 saturated carbocycles. The van der Waals surface area contributed by atoms with Crippen LogP contribution >= 0.6 is 15.9 Å². The van der Waals surface area contributed by atoms with Gasteiger partial charge in [-0.2, -0.15) is 0 Å². The molecule has 1 saturated heterocycles. The largest absolute Gasteiger partial charge is 0.496 e. The van der Waals surface area contributed by atoms with Crippen LogP contribution in [-0.2, 0) is 11.2 Å². The van der Waals surface area contributed by atoms with Crippen LogP contribution in [0.2, 0.25) is 0 Å². The molecule has 1 aliphatic heterocycles. The van der Waals surface area contributed by atoms with E-state index < -0.39 is 0 Å². The van der Waals surface area contributed by atoms with E-state index >= 15 is 0 Å². The molecule has 1 fully saturated rings. The van der Waals surface area contributed by atoms with Gasteiger partial charge in [-0.05, 0) is 42.5 Å². The van der Waals surface area contributed by atoms with Crippen molar-refractivity contribution in [2.45, 2.75) is 31.9 Å². The highest BCUT2D eigenvalue weighted by Gasteiger charge is 2.30. The highest BCUT2D eigenvalue weighted by molar-refractivity contribution is 9.10. The molecule has 0 bridgehead atoms. The van der Waals surface area contributed by atoms with Gasteiger partial charge in [0.15, 0.2) is 0 Å². The fraction of sp³-hybridized carbons (Fsp3) is 0.571. The minimum Gasteiger partial charge on any atom is -0.496 e. The summed E-state index contributed by atoms with van der Waals surface area (Å²) in [6.45, 7) is 3.03. The molecule has 2 N–H and O–H groups in total. The summed E-state index contributed by atoms with van der Waals surface area (Å²) in [5, 5.41) is 0. The van der Waals surface area contributed by atoms with Gasteiger partial charge < -0.3 is 15.2 Å². The van der Waals surface area contributed by atoms with Crippen molar-refractivity contribution in [3.8, 4) is 5.75 Å². The quantitative estimate of drug-likeness (QED) is 0.929. The molecular weight excluding hydrogens is 294 g/mol. The first-order chi connectivity index (χ1) is 8.61. The number of ether oxygens (including phenoxy) is 2. The Morgan fingerprint density at radius 3 is 2.94 bits per heavy atom. The van der Waals surface area contributed by atoms with E-state index in [1.165, 1.54) is 0 Å². The van der Waals surface area contributed by atoms with E-state index in [-0.39, 0.29) is 12.1 Å². The predicted molar refractivity (Wildman–Crippen MR) is 75.9 cm³/mol. The topological polar surface area (TPSA) is 44.5 Å². The molecule has 4 heteroatoms. The summed E-state index contributed by atoms with van der Waals surface area (Å²) in [5.41, 5.74) is 7.41. The van der Waals surface area contributed by atoms with E-state index in [9.17, 15) is 0 Å². The summed E-state index contributed by atoms with van der Waals surface area (Å²) in [7, 11) is 1.69. The number of hydrogen-bond donors (Lipinski definition) is 1. The lowest BCUT2D eigenvalue weighted by atomic mass is 9.93. The monoisotopic (exact) mass is 313 g/mol. The molecule has 1 aromatic carbocycles. The van der Waals surface area contributed by atoms with Gasteiger partial charge in [0.1, 0.15) is 5.75 Å². The highest BCUT2D eigenvalue weighted by atomic mass is 79.9. The van der Waals surface area contributed by atoms with E-state index in [4.69, 9.17) is 15.2 Å². The first-order valence-corrected chi connectivity index (χ1v) is 7.10. The Labute approximate surface area is 117 Å². The zero-order valence-corrected chi connectivity index (χ0v) is 12.4. The molecular formula is C14H20BrNO2. The smallest absolute Gasteiger partial charge is 0.122 e. The Kier molecular flexibility index (Phi) is 4.65. The van der Waals surface area contributed by atoms with Gasteiger partial charge in [0.05, 0.1) is 13.2 Å². The Balaban J connectivity index is 2.10. The molecule has 3 nitrogen and oxygen atoms in total. The van der Waals surface area contributed by atoms with Crippen molar-refractivity contribution in [1.29, 1.82) is 0 Å². The average molecular weight is 314 g/mol. The van der Waals surface area contributed by atoms with Crippen LogP contribution in [0.1, 0.15) is 18.9 Å². The Morgan fingerprint density at radius 2 is 2.33 bits per heavy atom. The van der Waals surface area contributed by atoms with Crippen LogP contribution in [0.5, 0.6) is 5.75 Å². The second-order valence-corrected chi connectivity index (χ2v) is 5.84. The van der Waals surface area contributed by atoms with Crippen LogP contribution in [0, 0.1) is 5.92 Å². The summed E-state index contributed by atoms with van der Waals surface area (Å²) in [4.78, 5) is 0. The van der Waals surface area contributed by atoms with Gasteiger partial charge >= 0.3 is 0 Å². The molecule has 0 amide bonds. The van der Waals surface area contributed by atoms with Crippen molar-refractivity contribution in [2.75, 3.05) is 13.7 Å². The standard InChI is InChI=1S/C14H20BrNO2/c1-9-5-6-18-14(9)12(16)8-10-7-11(15)3-4-13(10)17-2/h3-4,7,9,12,14H,5-6,8,16H2,1-2H3. The average Bonchev–Trinajstić information content (AvgIpc) is 2.76. The maximum absolute atomic E-state index is 6.28. The Hall–Kier alpha value is -0.580. The normalized spacial score (nSPS) is 25.1. The summed E-state index contributed by atoms with van der Waals surface area (Å²) < 4.78 is 12.1. The van der Waals surface area contributed by atoms with Crippen LogP contribution < -0.4 is 10.5 Å². The molecule has 1 heterocycles. The van der Waals surface area contributed by atoms with Gasteiger partial charge in [0.25, 0.3) is 0 Å². The number of benzene rings is 1. The Morgan fingerprint density at radius 1 is 1.56 bits per heavy atom.